The standard InChI is InChI=1S/C33H37N5OS/c1-7-24-11-13-25(14-12-24)37-22(5)19-27(23(37)6)31-30(29-10-8-9-17-34-29)36-33(40)38(31)26-15-16-28(21(4)18-26)35-32(39)20(2)3/h8-20,30-31H,7H2,1-6H3,(H,35,39)(H,36,40)/t30-,31-/m1/s1. The molecule has 2 atom stereocenters. The molecule has 1 saturated heterocycles. The molecule has 7 heteroatoms. The Morgan fingerprint density at radius 2 is 1.75 bits per heavy atom. The molecule has 0 bridgehead atoms. The molecule has 0 spiro atoms. The van der Waals surface area contributed by atoms with Gasteiger partial charge in [-0.15, -0.1) is 0 Å². The van der Waals surface area contributed by atoms with Crippen molar-refractivity contribution in [1.82, 2.24) is 14.9 Å². The molecule has 5 rings (SSSR count). The molecule has 1 aliphatic rings. The second-order valence-corrected chi connectivity index (χ2v) is 11.2. The lowest BCUT2D eigenvalue weighted by Gasteiger charge is -2.29. The van der Waals surface area contributed by atoms with E-state index in [9.17, 15) is 4.79 Å². The lowest BCUT2D eigenvalue weighted by Crippen LogP contribution is -2.29. The number of amides is 1. The number of carbonyl (C=O) groups excluding carboxylic acids is 1. The van der Waals surface area contributed by atoms with Crippen LogP contribution in [0.5, 0.6) is 0 Å². The van der Waals surface area contributed by atoms with Crippen LogP contribution in [0.3, 0.4) is 0 Å². The predicted molar refractivity (Wildman–Crippen MR) is 167 cm³/mol. The number of nitrogens with zero attached hydrogens (tertiary/aromatic N) is 3. The minimum Gasteiger partial charge on any atom is -0.351 e. The van der Waals surface area contributed by atoms with Crippen molar-refractivity contribution >= 4 is 34.6 Å². The van der Waals surface area contributed by atoms with Gasteiger partial charge in [-0.25, -0.2) is 0 Å². The van der Waals surface area contributed by atoms with Crippen molar-refractivity contribution in [2.24, 2.45) is 5.92 Å². The number of thiocarbonyl (C=S) groups is 1. The van der Waals surface area contributed by atoms with Crippen molar-refractivity contribution in [1.29, 1.82) is 0 Å². The molecule has 1 aliphatic heterocycles. The van der Waals surface area contributed by atoms with Gasteiger partial charge in [0, 0.05) is 40.6 Å². The fourth-order valence-corrected chi connectivity index (χ4v) is 5.88. The maximum absolute atomic E-state index is 12.4. The highest BCUT2D eigenvalue weighted by Gasteiger charge is 2.42. The molecule has 1 amide bonds. The number of pyridine rings is 1. The van der Waals surface area contributed by atoms with E-state index in [4.69, 9.17) is 17.2 Å². The highest BCUT2D eigenvalue weighted by atomic mass is 32.1. The van der Waals surface area contributed by atoms with Crippen LogP contribution in [0.15, 0.2) is 72.9 Å². The monoisotopic (exact) mass is 551 g/mol. The summed E-state index contributed by atoms with van der Waals surface area (Å²) in [6.45, 7) is 12.3. The zero-order valence-corrected chi connectivity index (χ0v) is 24.8. The average molecular weight is 552 g/mol. The van der Waals surface area contributed by atoms with Crippen molar-refractivity contribution in [3.8, 4) is 5.69 Å². The number of rotatable bonds is 7. The van der Waals surface area contributed by atoms with Crippen LogP contribution in [0.4, 0.5) is 11.4 Å². The first-order valence-electron chi connectivity index (χ1n) is 13.9. The highest BCUT2D eigenvalue weighted by molar-refractivity contribution is 7.80. The molecule has 0 aliphatic carbocycles. The SMILES string of the molecule is CCc1ccc(-n2c(C)cc([C@@H]3[C@@H](c4ccccn4)NC(=S)N3c3ccc(NC(=O)C(C)C)c(C)c3)c2C)cc1. The molecule has 2 aromatic carbocycles. The number of aryl methyl sites for hydroxylation is 3. The van der Waals surface area contributed by atoms with Gasteiger partial charge in [-0.05, 0) is 105 Å². The lowest BCUT2D eigenvalue weighted by atomic mass is 9.96. The Morgan fingerprint density at radius 3 is 2.38 bits per heavy atom. The number of benzene rings is 2. The Labute approximate surface area is 242 Å². The number of anilines is 2. The molecular formula is C33H37N5OS. The topological polar surface area (TPSA) is 62.2 Å². The summed E-state index contributed by atoms with van der Waals surface area (Å²) in [5, 5.41) is 7.27. The molecule has 1 fully saturated rings. The third kappa shape index (κ3) is 5.13. The minimum atomic E-state index is -0.134. The van der Waals surface area contributed by atoms with E-state index in [0.29, 0.717) is 5.11 Å². The van der Waals surface area contributed by atoms with Crippen LogP contribution in [-0.4, -0.2) is 20.6 Å². The maximum Gasteiger partial charge on any atom is 0.226 e. The summed E-state index contributed by atoms with van der Waals surface area (Å²) in [6.07, 6.45) is 2.84. The molecule has 2 aromatic heterocycles. The number of nitrogens with one attached hydrogen (secondary N) is 2. The normalized spacial score (nSPS) is 16.9. The molecule has 6 nitrogen and oxygen atoms in total. The molecule has 40 heavy (non-hydrogen) atoms. The van der Waals surface area contributed by atoms with E-state index in [1.165, 1.54) is 16.8 Å². The second-order valence-electron chi connectivity index (χ2n) is 10.8. The van der Waals surface area contributed by atoms with Gasteiger partial charge in [0.15, 0.2) is 5.11 Å². The molecule has 0 saturated carbocycles. The summed E-state index contributed by atoms with van der Waals surface area (Å²) in [7, 11) is 0. The maximum atomic E-state index is 12.4. The van der Waals surface area contributed by atoms with Gasteiger partial charge in [0.1, 0.15) is 0 Å². The average Bonchev–Trinajstić information content (AvgIpc) is 3.44. The van der Waals surface area contributed by atoms with E-state index in [1.54, 1.807) is 0 Å². The van der Waals surface area contributed by atoms with Gasteiger partial charge in [0.25, 0.3) is 0 Å². The zero-order chi connectivity index (χ0) is 28.6. The van der Waals surface area contributed by atoms with Gasteiger partial charge in [-0.2, -0.15) is 0 Å². The number of aromatic nitrogens is 2. The van der Waals surface area contributed by atoms with Crippen molar-refractivity contribution in [2.45, 2.75) is 60.0 Å². The summed E-state index contributed by atoms with van der Waals surface area (Å²) in [4.78, 5) is 19.3. The van der Waals surface area contributed by atoms with E-state index in [1.807, 2.05) is 51.2 Å². The van der Waals surface area contributed by atoms with Crippen LogP contribution >= 0.6 is 12.2 Å². The first-order chi connectivity index (χ1) is 19.2. The van der Waals surface area contributed by atoms with Crippen molar-refractivity contribution in [2.75, 3.05) is 10.2 Å². The van der Waals surface area contributed by atoms with Gasteiger partial charge in [0.2, 0.25) is 5.91 Å². The van der Waals surface area contributed by atoms with Gasteiger partial charge < -0.3 is 20.1 Å². The molecule has 0 unspecified atom stereocenters. The summed E-state index contributed by atoms with van der Waals surface area (Å²) < 4.78 is 2.32. The van der Waals surface area contributed by atoms with Gasteiger partial charge in [0.05, 0.1) is 17.8 Å². The fourth-order valence-electron chi connectivity index (χ4n) is 5.53. The van der Waals surface area contributed by atoms with E-state index in [0.717, 1.165) is 40.4 Å². The zero-order valence-electron chi connectivity index (χ0n) is 24.0. The number of carbonyl (C=O) groups is 1. The third-order valence-electron chi connectivity index (χ3n) is 7.76. The van der Waals surface area contributed by atoms with Gasteiger partial charge in [-0.1, -0.05) is 39.0 Å². The summed E-state index contributed by atoms with van der Waals surface area (Å²) >= 11 is 5.97. The van der Waals surface area contributed by atoms with E-state index < -0.39 is 0 Å². The smallest absolute Gasteiger partial charge is 0.226 e. The first-order valence-corrected chi connectivity index (χ1v) is 14.3. The van der Waals surface area contributed by atoms with Crippen LogP contribution in [0.2, 0.25) is 0 Å². The second kappa shape index (κ2) is 11.3. The first kappa shape index (κ1) is 27.6. The van der Waals surface area contributed by atoms with Crippen LogP contribution < -0.4 is 15.5 Å². The highest BCUT2D eigenvalue weighted by Crippen LogP contribution is 2.44. The summed E-state index contributed by atoms with van der Waals surface area (Å²) in [5.41, 5.74) is 9.69. The molecule has 3 heterocycles. The van der Waals surface area contributed by atoms with Gasteiger partial charge >= 0.3 is 0 Å². The fraction of sp³-hybridized carbons (Fsp3) is 0.303. The summed E-state index contributed by atoms with van der Waals surface area (Å²) in [6, 6.07) is 22.9. The van der Waals surface area contributed by atoms with Gasteiger partial charge in [-0.3, -0.25) is 9.78 Å². The van der Waals surface area contributed by atoms with E-state index in [2.05, 4.69) is 83.3 Å². The Morgan fingerprint density at radius 1 is 1.02 bits per heavy atom. The van der Waals surface area contributed by atoms with Crippen molar-refractivity contribution in [3.05, 3.63) is 107 Å². The molecular weight excluding hydrogens is 514 g/mol. The molecule has 0 radical (unpaired) electrons. The van der Waals surface area contributed by atoms with Crippen molar-refractivity contribution in [3.63, 3.8) is 0 Å². The van der Waals surface area contributed by atoms with Crippen LogP contribution in [0.1, 0.15) is 66.6 Å². The Balaban J connectivity index is 1.60. The van der Waals surface area contributed by atoms with Crippen LogP contribution in [0.25, 0.3) is 5.69 Å². The molecule has 206 valence electrons. The predicted octanol–water partition coefficient (Wildman–Crippen LogP) is 7.13. The van der Waals surface area contributed by atoms with E-state index in [-0.39, 0.29) is 23.9 Å². The quantitative estimate of drug-likeness (QED) is 0.239. The lowest BCUT2D eigenvalue weighted by molar-refractivity contribution is -0.118. The minimum absolute atomic E-state index is 0.00158. The molecule has 2 N–H and O–H groups in total. The number of hydrogen-bond donors (Lipinski definition) is 2. The summed E-state index contributed by atoms with van der Waals surface area (Å²) in [5.74, 6) is -0.0897. The van der Waals surface area contributed by atoms with E-state index >= 15 is 0 Å². The Bertz CT molecular complexity index is 1540. The van der Waals surface area contributed by atoms with Crippen LogP contribution in [0, 0.1) is 26.7 Å². The Hall–Kier alpha value is -3.97. The Kier molecular flexibility index (Phi) is 7.76. The third-order valence-corrected chi connectivity index (χ3v) is 8.07. The largest absolute Gasteiger partial charge is 0.351 e. The van der Waals surface area contributed by atoms with Crippen LogP contribution in [-0.2, 0) is 11.2 Å². The number of hydrogen-bond acceptors (Lipinski definition) is 3. The molecule has 4 aromatic rings. The van der Waals surface area contributed by atoms with Crippen molar-refractivity contribution < 1.29 is 4.79 Å².